The van der Waals surface area contributed by atoms with Gasteiger partial charge in [0.05, 0.1) is 29.4 Å². The first-order valence-corrected chi connectivity index (χ1v) is 46.8. The van der Waals surface area contributed by atoms with Gasteiger partial charge in [-0.3, -0.25) is 101 Å². The van der Waals surface area contributed by atoms with Crippen molar-refractivity contribution in [3.8, 4) is 5.75 Å². The van der Waals surface area contributed by atoms with Gasteiger partial charge in [0.15, 0.2) is 22.8 Å². The average Bonchev–Trinajstić information content (AvgIpc) is 1.77. The molecule has 142 heavy (non-hydrogen) atoms. The number of rotatable bonds is 3. The highest BCUT2D eigenvalue weighted by Crippen LogP contribution is 2.17. The Balaban J connectivity index is 0.000000750. The SMILES string of the molecule is CC1=NS(=O)ON1.CC1C(=O)NOC1=O.CC1OC(=O)NC1=O.CC1SC(=O)NC1=O.CS(=O)(=O)c1ncn[nH]1.CS(=O)c1ncn[nH]1.CSc1ncn[nH]1.Cc1cc(=O)[nH]o1.Cc1cc(=O)[nH]s1.Cc1cocc(O)c1=O.Cc1n[nH]c(=O)n1C.Cc1n[nH]c(=O)o1.Cc1nc(=O)[nH]o1.Cc1nc(=S)o[nH]1.Cc1nn[nH]n1.Cc1noc(=O)[nH]1.Cc1ns[nH]c1=O.Cc1nsc(=O)[nH]1.Cn1oc(=O)[nH]c1=O. The van der Waals surface area contributed by atoms with Gasteiger partial charge in [0, 0.05) is 79.2 Å². The maximum Gasteiger partial charge on any atom is 0.440 e. The standard InChI is InChI=1S/C6H6O3.C4H7N3O.2C4H5NO3.C4H5NO2S.C4H5NO2.C4H5NOS.C3H5N3O2S.C3H5N3OS.C3H5N3S.C3H4N2O3.3C3H4N2O2.3C3H4N2OS.C2H4N4.C2H4N2O2S/c1-4-2-9-3-5(7)6(4)8;1-3-5-6-4(8)7(3)2;1-2-3(6)5-4(7)8-2;1-2-3(6)5-8-4(2)7;1-2-3(6)5-4(7)8-2;2*1-3-2-4(6)5-7-3;1-9(7,8)3-4-2-5-6-3;1-8(7)3-4-2-5-6-3;1-7-3-4-2-5-6-3;1-5-2(6)4-3(7)8-5;1-2-4-5-3(6)7-2;1-2-4-3(6)5-7-2;2*1-2-4-3(6)7-5-2;1-2-4-3(7)6-5-2;1-2-3(6)5-7-4-2;1-2-3-5-6-4-2;1-2-3-6-7(5)4-2/h2-3,7H,1H3;1-2H3,(H,6,8);2H,1H3,(H,5,6,7);2H,1H3,(H,5,6);2H,1H3,(H,5,6,7);2*2H,1H3,(H,5,6);2H,1H3,(H,4,5,6);2H,1H3,(H,4,5,6);2H,1H3,(H,4,5,6);1H3,(H,4,6,7);2*1H3,(H,5,6);2*1H3,(H,4,5,6);1H3,(H,4,5,7);1H3,(H,5,6);1H3,(H,3,4,5,6);1H3,(H,3,4). The fourth-order valence-corrected chi connectivity index (χ4v) is 10.4. The van der Waals surface area contributed by atoms with Gasteiger partial charge in [0.2, 0.25) is 43.3 Å². The van der Waals surface area contributed by atoms with Gasteiger partial charge in [-0.15, -0.1) is 19.7 Å². The van der Waals surface area contributed by atoms with Gasteiger partial charge < -0.3 is 41.6 Å². The molecule has 3 fully saturated rings. The Kier molecular flexibility index (Phi) is 57.7. The van der Waals surface area contributed by atoms with Crippen molar-refractivity contribution in [3.63, 3.8) is 0 Å². The number of carbonyl (C=O) groups excluding carboxylic acids is 6. The number of alkyl carbamates (subject to hydrolysis) is 1. The molecule has 19 rings (SSSR count). The third-order valence-corrected chi connectivity index (χ3v) is 19.1. The van der Waals surface area contributed by atoms with Crippen LogP contribution in [0.4, 0.5) is 9.59 Å². The van der Waals surface area contributed by atoms with E-state index in [-0.39, 0.29) is 76.6 Å². The minimum absolute atomic E-state index is 0.00231. The van der Waals surface area contributed by atoms with Gasteiger partial charge in [-0.1, -0.05) is 45.4 Å². The minimum atomic E-state index is -3.19. The lowest BCUT2D eigenvalue weighted by Gasteiger charge is -1.91. The number of aromatic hydroxyl groups is 1. The third-order valence-electron chi connectivity index (χ3n) is 13.2. The number of tetrazole rings is 1. The quantitative estimate of drug-likeness (QED) is 0.0498. The Morgan fingerprint density at radius 1 is 0.655 bits per heavy atom. The van der Waals surface area contributed by atoms with Crippen molar-refractivity contribution in [1.82, 2.24) is 181 Å². The molecule has 0 radical (unpaired) electrons. The maximum absolute atomic E-state index is 10.7. The number of sulfone groups is 1. The molecule has 3 saturated heterocycles. The van der Waals surface area contributed by atoms with E-state index in [4.69, 9.17) is 5.11 Å². The second-order valence-electron chi connectivity index (χ2n) is 24.9. The molecule has 0 spiro atoms. The van der Waals surface area contributed by atoms with E-state index in [0.717, 1.165) is 68.6 Å². The summed E-state index contributed by atoms with van der Waals surface area (Å²) in [6, 6.07) is 2.96. The Morgan fingerprint density at radius 3 is 1.50 bits per heavy atom. The van der Waals surface area contributed by atoms with Crippen molar-refractivity contribution in [2.24, 2.45) is 24.4 Å². The Morgan fingerprint density at radius 2 is 1.32 bits per heavy atom. The van der Waals surface area contributed by atoms with Crippen LogP contribution in [-0.4, -0.2) is 252 Å². The molecule has 15 aromatic rings. The number of H-pyrrole nitrogens is 14. The molecule has 5 atom stereocenters. The molecule has 19 heterocycles. The summed E-state index contributed by atoms with van der Waals surface area (Å²) in [7, 11) is -1.20. The monoisotopic (exact) mass is 2180 g/mol. The van der Waals surface area contributed by atoms with Gasteiger partial charge >= 0.3 is 67.4 Å². The number of amides is 5. The number of hydrogen-bond donors (Lipinski definition) is 19. The molecule has 19 N–H and O–H groups in total. The molecular formula is C64H89N37O32S9. The number of carbonyl (C=O) groups is 6. The summed E-state index contributed by atoms with van der Waals surface area (Å²) in [5.41, 5.74) is 3.45. The maximum atomic E-state index is 10.7. The van der Waals surface area contributed by atoms with E-state index >= 15 is 0 Å². The first-order chi connectivity index (χ1) is 66.6. The molecular weight excluding hydrogens is 2090 g/mol. The summed E-state index contributed by atoms with van der Waals surface area (Å²) < 4.78 is 99.2. The first kappa shape index (κ1) is 124. The number of imide groups is 2. The van der Waals surface area contributed by atoms with Crippen LogP contribution in [0.2, 0.25) is 0 Å². The molecule has 776 valence electrons. The lowest BCUT2D eigenvalue weighted by atomic mass is 10.2. The number of aromatic nitrogens is 32. The van der Waals surface area contributed by atoms with E-state index in [1.54, 1.807) is 114 Å². The molecule has 4 aliphatic heterocycles. The summed E-state index contributed by atoms with van der Waals surface area (Å²) in [6.45, 7) is 25.1. The van der Waals surface area contributed by atoms with Crippen LogP contribution in [0, 0.1) is 86.9 Å². The molecule has 0 saturated carbocycles. The number of cyclic esters (lactones) is 1. The highest BCUT2D eigenvalue weighted by molar-refractivity contribution is 8.15. The van der Waals surface area contributed by atoms with Gasteiger partial charge in [0.1, 0.15) is 71.8 Å². The van der Waals surface area contributed by atoms with Gasteiger partial charge in [-0.25, -0.2) is 91.8 Å². The second-order valence-corrected chi connectivity index (χ2v) is 33.7. The topological polar surface area (TPSA) is 996 Å². The van der Waals surface area contributed by atoms with E-state index in [0.29, 0.717) is 68.9 Å². The number of nitrogens with zero attached hydrogens (tertiary/aromatic N) is 19. The van der Waals surface area contributed by atoms with E-state index in [1.165, 1.54) is 62.0 Å². The van der Waals surface area contributed by atoms with Crippen LogP contribution in [0.3, 0.4) is 0 Å². The largest absolute Gasteiger partial charge is 0.502 e. The van der Waals surface area contributed by atoms with E-state index in [9.17, 15) is 98.3 Å². The predicted octanol–water partition coefficient (Wildman–Crippen LogP) is -2.39. The number of thioether (sulfide) groups is 2. The summed E-state index contributed by atoms with van der Waals surface area (Å²) in [5, 5.41) is 65.6. The van der Waals surface area contributed by atoms with Gasteiger partial charge in [0.25, 0.3) is 33.7 Å². The lowest BCUT2D eigenvalue weighted by molar-refractivity contribution is -0.145. The molecule has 0 bridgehead atoms. The number of aromatic amines is 14. The molecule has 0 aromatic carbocycles. The first-order valence-electron chi connectivity index (χ1n) is 37.4. The summed E-state index contributed by atoms with van der Waals surface area (Å²) >= 11 is 9.01. The number of ether oxygens (including phenoxy) is 1. The number of aryl methyl sites for hydroxylation is 12. The average molecular weight is 2180 g/mol. The third kappa shape index (κ3) is 56.4. The van der Waals surface area contributed by atoms with Crippen molar-refractivity contribution >= 4 is 143 Å². The van der Waals surface area contributed by atoms with Crippen LogP contribution >= 0.6 is 70.5 Å². The van der Waals surface area contributed by atoms with Gasteiger partial charge in [-0.2, -0.15) is 69.1 Å². The summed E-state index contributed by atoms with van der Waals surface area (Å²) in [5.74, 6) is 1.07. The number of hydrogen-bond acceptors (Lipinski definition) is 55. The number of amidine groups is 1. The van der Waals surface area contributed by atoms with E-state index < -0.39 is 84.6 Å². The minimum Gasteiger partial charge on any atom is -0.502 e. The molecule has 5 unspecified atom stereocenters. The molecule has 0 aliphatic carbocycles. The smallest absolute Gasteiger partial charge is 0.440 e. The van der Waals surface area contributed by atoms with Crippen molar-refractivity contribution in [1.29, 1.82) is 0 Å². The lowest BCUT2D eigenvalue weighted by Crippen LogP contribution is -2.22. The second kappa shape index (κ2) is 66.2. The van der Waals surface area contributed by atoms with Crippen molar-refractivity contribution in [2.75, 3.05) is 18.8 Å². The fourth-order valence-electron chi connectivity index (χ4n) is 6.53. The van der Waals surface area contributed by atoms with E-state index in [2.05, 4.69) is 212 Å². The number of hydroxylamine groups is 2. The molecule has 4 aliphatic rings. The zero-order valence-electron chi connectivity index (χ0n) is 77.0. The van der Waals surface area contributed by atoms with Crippen LogP contribution < -0.4 is 82.9 Å². The Bertz CT molecular complexity index is 6690. The Hall–Kier alpha value is -16.3. The van der Waals surface area contributed by atoms with Gasteiger partial charge in [-0.05, 0) is 108 Å². The number of nitrogens with one attached hydrogen (secondary N) is 18. The predicted molar refractivity (Wildman–Crippen MR) is 494 cm³/mol. The van der Waals surface area contributed by atoms with Crippen molar-refractivity contribution < 1.29 is 96.0 Å². The highest BCUT2D eigenvalue weighted by atomic mass is 32.2. The van der Waals surface area contributed by atoms with Crippen molar-refractivity contribution in [2.45, 2.75) is 131 Å². The van der Waals surface area contributed by atoms with Crippen LogP contribution in [0.1, 0.15) is 90.5 Å². The normalized spacial score (nSPS) is 13.8. The Labute approximate surface area is 819 Å². The molecule has 69 nitrogen and oxygen atoms in total. The molecule has 5 amide bonds. The van der Waals surface area contributed by atoms with Crippen LogP contribution in [-0.2, 0) is 79.0 Å². The summed E-state index contributed by atoms with van der Waals surface area (Å²) in [6.07, 6.45) is 9.57. The van der Waals surface area contributed by atoms with Crippen molar-refractivity contribution in [3.05, 3.63) is 225 Å². The van der Waals surface area contributed by atoms with Crippen LogP contribution in [0.25, 0.3) is 0 Å². The summed E-state index contributed by atoms with van der Waals surface area (Å²) in [4.78, 5) is 204. The zero-order valence-corrected chi connectivity index (χ0v) is 84.4. The molecule has 15 aromatic heterocycles. The highest BCUT2D eigenvalue weighted by Gasteiger charge is 2.31. The van der Waals surface area contributed by atoms with E-state index in [1.807, 2.05) is 34.1 Å². The molecule has 78 heteroatoms. The fraction of sp³-hybridized carbons (Fsp3) is 0.359. The van der Waals surface area contributed by atoms with Crippen LogP contribution in [0.5, 0.6) is 5.75 Å². The van der Waals surface area contributed by atoms with Crippen LogP contribution in [0.15, 0.2) is 148 Å². The zero-order chi connectivity index (χ0) is 107.